The molecule has 5 heteroatoms. The molecule has 0 saturated carbocycles. The highest BCUT2D eigenvalue weighted by molar-refractivity contribution is 5.81. The first-order valence-electron chi connectivity index (χ1n) is 6.81. The summed E-state index contributed by atoms with van der Waals surface area (Å²) in [4.78, 5) is 18.3. The second-order valence-corrected chi connectivity index (χ2v) is 5.10. The van der Waals surface area contributed by atoms with Gasteiger partial charge in [-0.25, -0.2) is 4.98 Å². The topological polar surface area (TPSA) is 57.3 Å². The maximum absolute atomic E-state index is 12.0. The molecular formula is C14H22N4O. The van der Waals surface area contributed by atoms with E-state index in [0.717, 1.165) is 37.2 Å². The highest BCUT2D eigenvalue weighted by Gasteiger charge is 2.20. The first-order valence-corrected chi connectivity index (χ1v) is 6.81. The van der Waals surface area contributed by atoms with Crippen molar-refractivity contribution >= 4 is 11.7 Å². The molecule has 1 fully saturated rings. The molecule has 2 heterocycles. The minimum atomic E-state index is -0.0340. The molecule has 1 aliphatic rings. The fourth-order valence-electron chi connectivity index (χ4n) is 2.35. The predicted molar refractivity (Wildman–Crippen MR) is 76.1 cm³/mol. The second-order valence-electron chi connectivity index (χ2n) is 5.10. The van der Waals surface area contributed by atoms with Gasteiger partial charge in [0, 0.05) is 32.4 Å². The molecule has 1 aliphatic heterocycles. The number of hydrogen-bond acceptors (Lipinski definition) is 4. The Balaban J connectivity index is 1.93. The molecule has 0 spiro atoms. The van der Waals surface area contributed by atoms with Gasteiger partial charge in [-0.15, -0.1) is 0 Å². The third-order valence-electron chi connectivity index (χ3n) is 3.37. The van der Waals surface area contributed by atoms with Gasteiger partial charge in [0.25, 0.3) is 0 Å². The fraction of sp³-hybridized carbons (Fsp3) is 0.571. The summed E-state index contributed by atoms with van der Waals surface area (Å²) in [5.74, 6) is 0.993. The lowest BCUT2D eigenvalue weighted by Gasteiger charge is -2.23. The van der Waals surface area contributed by atoms with Gasteiger partial charge in [0.2, 0.25) is 5.91 Å². The van der Waals surface area contributed by atoms with Crippen molar-refractivity contribution in [1.82, 2.24) is 15.6 Å². The molecule has 1 aromatic heterocycles. The smallest absolute Gasteiger partial charge is 0.237 e. The van der Waals surface area contributed by atoms with Crippen molar-refractivity contribution in [3.63, 3.8) is 0 Å². The van der Waals surface area contributed by atoms with E-state index in [4.69, 9.17) is 0 Å². The summed E-state index contributed by atoms with van der Waals surface area (Å²) in [7, 11) is 3.91. The zero-order chi connectivity index (χ0) is 13.7. The Bertz CT molecular complexity index is 427. The maximum atomic E-state index is 12.0. The minimum Gasteiger partial charge on any atom is -0.362 e. The third kappa shape index (κ3) is 3.67. The molecule has 1 atom stereocenters. The Kier molecular flexibility index (Phi) is 4.74. The van der Waals surface area contributed by atoms with E-state index >= 15 is 0 Å². The number of anilines is 1. The van der Waals surface area contributed by atoms with Crippen LogP contribution in [0.2, 0.25) is 0 Å². The summed E-state index contributed by atoms with van der Waals surface area (Å²) in [6.45, 7) is 1.46. The van der Waals surface area contributed by atoms with Crippen molar-refractivity contribution in [2.24, 2.45) is 0 Å². The number of nitrogens with one attached hydrogen (secondary N) is 2. The number of carbonyl (C=O) groups is 1. The van der Waals surface area contributed by atoms with Crippen molar-refractivity contribution in [1.29, 1.82) is 0 Å². The number of rotatable bonds is 4. The Hall–Kier alpha value is -1.62. The lowest BCUT2D eigenvalue weighted by Crippen LogP contribution is -2.46. The van der Waals surface area contributed by atoms with Gasteiger partial charge in [0.05, 0.1) is 6.04 Å². The molecular weight excluding hydrogens is 240 g/mol. The monoisotopic (exact) mass is 262 g/mol. The van der Waals surface area contributed by atoms with Crippen molar-refractivity contribution in [3.8, 4) is 0 Å². The summed E-state index contributed by atoms with van der Waals surface area (Å²) in [5.41, 5.74) is 1.04. The van der Waals surface area contributed by atoms with Crippen LogP contribution >= 0.6 is 0 Å². The van der Waals surface area contributed by atoms with E-state index in [2.05, 4.69) is 15.6 Å². The molecule has 0 aliphatic carbocycles. The van der Waals surface area contributed by atoms with E-state index in [-0.39, 0.29) is 11.9 Å². The molecule has 19 heavy (non-hydrogen) atoms. The molecule has 0 radical (unpaired) electrons. The number of carbonyl (C=O) groups excluding carboxylic acids is 1. The van der Waals surface area contributed by atoms with Crippen LogP contribution in [-0.2, 0) is 11.3 Å². The molecule has 1 saturated heterocycles. The van der Waals surface area contributed by atoms with Gasteiger partial charge in [-0.1, -0.05) is 12.5 Å². The highest BCUT2D eigenvalue weighted by atomic mass is 16.2. The normalized spacial score (nSPS) is 18.9. The molecule has 2 rings (SSSR count). The van der Waals surface area contributed by atoms with Crippen LogP contribution < -0.4 is 15.5 Å². The van der Waals surface area contributed by atoms with Crippen LogP contribution in [0.1, 0.15) is 24.8 Å². The van der Waals surface area contributed by atoms with E-state index in [1.165, 1.54) is 0 Å². The molecule has 0 bridgehead atoms. The van der Waals surface area contributed by atoms with Crippen LogP contribution in [0.5, 0.6) is 0 Å². The molecule has 1 unspecified atom stereocenters. The maximum Gasteiger partial charge on any atom is 0.237 e. The van der Waals surface area contributed by atoms with Crippen LogP contribution in [0, 0.1) is 0 Å². The van der Waals surface area contributed by atoms with Crippen molar-refractivity contribution in [2.45, 2.75) is 31.8 Å². The van der Waals surface area contributed by atoms with E-state index < -0.39 is 0 Å². The Morgan fingerprint density at radius 1 is 1.53 bits per heavy atom. The van der Waals surface area contributed by atoms with Crippen LogP contribution in [0.3, 0.4) is 0 Å². The van der Waals surface area contributed by atoms with E-state index in [1.807, 2.05) is 31.1 Å². The fourth-order valence-corrected chi connectivity index (χ4v) is 2.35. The second kappa shape index (κ2) is 6.52. The summed E-state index contributed by atoms with van der Waals surface area (Å²) < 4.78 is 0. The zero-order valence-corrected chi connectivity index (χ0v) is 11.6. The quantitative estimate of drug-likeness (QED) is 0.846. The van der Waals surface area contributed by atoms with E-state index in [9.17, 15) is 4.79 Å². The number of nitrogens with zero attached hydrogens (tertiary/aromatic N) is 2. The van der Waals surface area contributed by atoms with Crippen LogP contribution in [0.4, 0.5) is 5.82 Å². The van der Waals surface area contributed by atoms with Gasteiger partial charge in [-0.3, -0.25) is 4.79 Å². The lowest BCUT2D eigenvalue weighted by atomic mass is 10.0. The molecule has 0 aromatic carbocycles. The SMILES string of the molecule is CN(C)c1ncccc1CNC(=O)C1CCCCN1. The van der Waals surface area contributed by atoms with Crippen LogP contribution in [0.25, 0.3) is 0 Å². The van der Waals surface area contributed by atoms with Gasteiger partial charge >= 0.3 is 0 Å². The first kappa shape index (κ1) is 13.8. The van der Waals surface area contributed by atoms with Crippen molar-refractivity contribution in [2.75, 3.05) is 25.5 Å². The van der Waals surface area contributed by atoms with Gasteiger partial charge < -0.3 is 15.5 Å². The molecule has 1 aromatic rings. The Morgan fingerprint density at radius 3 is 3.05 bits per heavy atom. The average Bonchev–Trinajstić information content (AvgIpc) is 2.46. The van der Waals surface area contributed by atoms with Gasteiger partial charge in [-0.2, -0.15) is 0 Å². The van der Waals surface area contributed by atoms with Crippen molar-refractivity contribution in [3.05, 3.63) is 23.9 Å². The predicted octanol–water partition coefficient (Wildman–Crippen LogP) is 0.906. The number of aromatic nitrogens is 1. The van der Waals surface area contributed by atoms with Crippen LogP contribution in [-0.4, -0.2) is 37.6 Å². The number of amides is 1. The number of hydrogen-bond donors (Lipinski definition) is 2. The Morgan fingerprint density at radius 2 is 2.37 bits per heavy atom. The highest BCUT2D eigenvalue weighted by Crippen LogP contribution is 2.14. The van der Waals surface area contributed by atoms with Crippen LogP contribution in [0.15, 0.2) is 18.3 Å². The summed E-state index contributed by atoms with van der Waals surface area (Å²) >= 11 is 0. The lowest BCUT2D eigenvalue weighted by molar-refractivity contribution is -0.123. The number of piperidine rings is 1. The largest absolute Gasteiger partial charge is 0.362 e. The summed E-state index contributed by atoms with van der Waals surface area (Å²) in [6.07, 6.45) is 4.99. The van der Waals surface area contributed by atoms with E-state index in [0.29, 0.717) is 6.54 Å². The average molecular weight is 262 g/mol. The minimum absolute atomic E-state index is 0.0340. The molecule has 104 valence electrons. The standard InChI is InChI=1S/C14H22N4O/c1-18(2)13-11(6-5-9-16-13)10-17-14(19)12-7-3-4-8-15-12/h5-6,9,12,15H,3-4,7-8,10H2,1-2H3,(H,17,19). The molecule has 1 amide bonds. The summed E-state index contributed by atoms with van der Waals surface area (Å²) in [6, 6.07) is 3.86. The Labute approximate surface area is 114 Å². The van der Waals surface area contributed by atoms with Gasteiger partial charge in [0.1, 0.15) is 5.82 Å². The molecule has 2 N–H and O–H groups in total. The van der Waals surface area contributed by atoms with Crippen molar-refractivity contribution < 1.29 is 4.79 Å². The zero-order valence-electron chi connectivity index (χ0n) is 11.6. The van der Waals surface area contributed by atoms with Gasteiger partial charge in [0.15, 0.2) is 0 Å². The third-order valence-corrected chi connectivity index (χ3v) is 3.37. The van der Waals surface area contributed by atoms with E-state index in [1.54, 1.807) is 6.20 Å². The first-order chi connectivity index (χ1) is 9.18. The molecule has 5 nitrogen and oxygen atoms in total. The summed E-state index contributed by atoms with van der Waals surface area (Å²) in [5, 5.41) is 6.25. The number of pyridine rings is 1. The van der Waals surface area contributed by atoms with Gasteiger partial charge in [-0.05, 0) is 25.5 Å².